The summed E-state index contributed by atoms with van der Waals surface area (Å²) in [6, 6.07) is 18.8. The van der Waals surface area contributed by atoms with Crippen molar-refractivity contribution >= 4 is 26.8 Å². The maximum atomic E-state index is 9.90. The number of aromatic nitrogens is 3. The first-order valence-electron chi connectivity index (χ1n) is 9.51. The maximum absolute atomic E-state index is 9.90. The van der Waals surface area contributed by atoms with Gasteiger partial charge in [0, 0.05) is 39.4 Å². The van der Waals surface area contributed by atoms with Crippen LogP contribution < -0.4 is 10.5 Å². The first kappa shape index (κ1) is 18.5. The summed E-state index contributed by atoms with van der Waals surface area (Å²) in [5.74, 6) is 0.166. The summed E-state index contributed by atoms with van der Waals surface area (Å²) in [6.07, 6.45) is 2.11. The summed E-state index contributed by atoms with van der Waals surface area (Å²) in [7, 11) is 0. The van der Waals surface area contributed by atoms with Crippen LogP contribution in [0.3, 0.4) is 0 Å². The van der Waals surface area contributed by atoms with E-state index in [1.807, 2.05) is 31.2 Å². The fraction of sp³-hybridized carbons (Fsp3) is 0.130. The smallest absolute Gasteiger partial charge is 0.244 e. The Morgan fingerprint density at radius 1 is 1.27 bits per heavy atom. The quantitative estimate of drug-likeness (QED) is 0.464. The topological polar surface area (TPSA) is 92.7 Å². The monoisotopic (exact) mass is 459 g/mol. The molecule has 5 rings (SSSR count). The maximum Gasteiger partial charge on any atom is 0.244 e. The predicted molar refractivity (Wildman–Crippen MR) is 118 cm³/mol. The van der Waals surface area contributed by atoms with Gasteiger partial charge in [0.15, 0.2) is 0 Å². The molecular weight excluding hydrogens is 442 g/mol. The summed E-state index contributed by atoms with van der Waals surface area (Å²) >= 11 is 3.60. The molecule has 30 heavy (non-hydrogen) atoms. The summed E-state index contributed by atoms with van der Waals surface area (Å²) < 4.78 is 8.81. The number of allylic oxidation sites excluding steroid dienone is 1. The Labute approximate surface area is 181 Å². The number of ether oxygens (including phenoxy) is 1. The Kier molecular flexibility index (Phi) is 4.37. The summed E-state index contributed by atoms with van der Waals surface area (Å²) in [5, 5.41) is 18.2. The number of benzene rings is 2. The first-order chi connectivity index (χ1) is 14.6. The Hall–Kier alpha value is -3.50. The van der Waals surface area contributed by atoms with Gasteiger partial charge in [0.1, 0.15) is 11.6 Å². The third kappa shape index (κ3) is 2.88. The minimum absolute atomic E-state index is 0.0976. The minimum Gasteiger partial charge on any atom is -0.420 e. The number of H-pyrrole nitrogens is 1. The SMILES string of the molecule is Cc1[nH]nc2c1C(c1cn(Cc3ccccc3)c3ccc(Br)cc13)C(C#N)=C(N)O2. The molecule has 1 atom stereocenters. The van der Waals surface area contributed by atoms with Crippen LogP contribution in [0.1, 0.15) is 28.3 Å². The van der Waals surface area contributed by atoms with Gasteiger partial charge in [0.05, 0.1) is 5.92 Å². The molecule has 0 radical (unpaired) electrons. The van der Waals surface area contributed by atoms with Gasteiger partial charge in [-0.1, -0.05) is 46.3 Å². The van der Waals surface area contributed by atoms with E-state index in [1.54, 1.807) is 0 Å². The normalized spacial score (nSPS) is 15.7. The molecular formula is C23H18BrN5O. The van der Waals surface area contributed by atoms with Crippen LogP contribution in [0.5, 0.6) is 5.88 Å². The molecule has 0 spiro atoms. The third-order valence-electron chi connectivity index (χ3n) is 5.51. The fourth-order valence-electron chi connectivity index (χ4n) is 4.15. The van der Waals surface area contributed by atoms with Crippen LogP contribution in [0.15, 0.2) is 70.7 Å². The van der Waals surface area contributed by atoms with E-state index in [-0.39, 0.29) is 11.8 Å². The van der Waals surface area contributed by atoms with Crippen LogP contribution in [-0.4, -0.2) is 14.8 Å². The first-order valence-corrected chi connectivity index (χ1v) is 10.3. The van der Waals surface area contributed by atoms with Crippen molar-refractivity contribution in [1.82, 2.24) is 14.8 Å². The minimum atomic E-state index is -0.355. The molecule has 0 saturated carbocycles. The Morgan fingerprint density at radius 2 is 2.07 bits per heavy atom. The lowest BCUT2D eigenvalue weighted by molar-refractivity contribution is 0.379. The molecule has 2 aromatic heterocycles. The molecule has 1 aliphatic rings. The summed E-state index contributed by atoms with van der Waals surface area (Å²) in [4.78, 5) is 0. The molecule has 0 aliphatic carbocycles. The average molecular weight is 460 g/mol. The second kappa shape index (κ2) is 7.08. The van der Waals surface area contributed by atoms with E-state index in [9.17, 15) is 5.26 Å². The number of rotatable bonds is 3. The van der Waals surface area contributed by atoms with E-state index in [0.29, 0.717) is 11.5 Å². The Balaban J connectivity index is 1.76. The van der Waals surface area contributed by atoms with Crippen molar-refractivity contribution < 1.29 is 4.74 Å². The lowest BCUT2D eigenvalue weighted by Crippen LogP contribution is -2.21. The number of aryl methyl sites for hydroxylation is 1. The number of nitrogens with zero attached hydrogens (tertiary/aromatic N) is 3. The number of hydrogen-bond acceptors (Lipinski definition) is 4. The Bertz CT molecular complexity index is 1340. The molecule has 0 bridgehead atoms. The molecule has 6 nitrogen and oxygen atoms in total. The van der Waals surface area contributed by atoms with Gasteiger partial charge in [-0.05, 0) is 36.2 Å². The van der Waals surface area contributed by atoms with Crippen LogP contribution >= 0.6 is 15.9 Å². The zero-order valence-electron chi connectivity index (χ0n) is 16.2. The van der Waals surface area contributed by atoms with Crippen LogP contribution in [0.4, 0.5) is 0 Å². The number of aromatic amines is 1. The predicted octanol–water partition coefficient (Wildman–Crippen LogP) is 4.70. The van der Waals surface area contributed by atoms with Crippen molar-refractivity contribution in [2.45, 2.75) is 19.4 Å². The highest BCUT2D eigenvalue weighted by atomic mass is 79.9. The lowest BCUT2D eigenvalue weighted by Gasteiger charge is -2.23. The lowest BCUT2D eigenvalue weighted by atomic mass is 9.84. The van der Waals surface area contributed by atoms with Gasteiger partial charge < -0.3 is 15.0 Å². The Morgan fingerprint density at radius 3 is 2.83 bits per heavy atom. The van der Waals surface area contributed by atoms with Gasteiger partial charge in [-0.2, -0.15) is 5.26 Å². The molecule has 0 amide bonds. The molecule has 148 valence electrons. The van der Waals surface area contributed by atoms with Crippen LogP contribution in [-0.2, 0) is 6.54 Å². The van der Waals surface area contributed by atoms with Gasteiger partial charge in [0.25, 0.3) is 0 Å². The number of nitriles is 1. The van der Waals surface area contributed by atoms with Crippen molar-refractivity contribution in [3.63, 3.8) is 0 Å². The standard InChI is InChI=1S/C23H18BrN5O/c1-13-20-21(17(10-25)22(26)30-23(20)28-27-13)18-12-29(11-14-5-3-2-4-6-14)19-8-7-15(24)9-16(18)19/h2-9,12,21H,11,26H2,1H3,(H,27,28). The molecule has 3 heterocycles. The molecule has 1 aliphatic heterocycles. The van der Waals surface area contributed by atoms with E-state index in [4.69, 9.17) is 10.5 Å². The molecule has 1 unspecified atom stereocenters. The van der Waals surface area contributed by atoms with E-state index < -0.39 is 0 Å². The second-order valence-electron chi connectivity index (χ2n) is 7.35. The van der Waals surface area contributed by atoms with Gasteiger partial charge >= 0.3 is 0 Å². The van der Waals surface area contributed by atoms with Crippen LogP contribution in [0, 0.1) is 18.3 Å². The van der Waals surface area contributed by atoms with E-state index in [0.717, 1.165) is 38.7 Å². The number of fused-ring (bicyclic) bond motifs is 2. The molecule has 7 heteroatoms. The largest absolute Gasteiger partial charge is 0.420 e. The van der Waals surface area contributed by atoms with E-state index >= 15 is 0 Å². The van der Waals surface area contributed by atoms with E-state index in [1.165, 1.54) is 5.56 Å². The molecule has 4 aromatic rings. The van der Waals surface area contributed by atoms with Crippen molar-refractivity contribution in [2.75, 3.05) is 0 Å². The zero-order valence-corrected chi connectivity index (χ0v) is 17.8. The third-order valence-corrected chi connectivity index (χ3v) is 6.00. The van der Waals surface area contributed by atoms with Crippen molar-refractivity contribution in [2.24, 2.45) is 5.73 Å². The molecule has 3 N–H and O–H groups in total. The molecule has 2 aromatic carbocycles. The molecule has 0 saturated heterocycles. The fourth-order valence-corrected chi connectivity index (χ4v) is 4.51. The van der Waals surface area contributed by atoms with Crippen molar-refractivity contribution in [3.05, 3.63) is 93.0 Å². The van der Waals surface area contributed by atoms with Gasteiger partial charge in [0.2, 0.25) is 11.8 Å². The highest BCUT2D eigenvalue weighted by Gasteiger charge is 2.36. The van der Waals surface area contributed by atoms with Gasteiger partial charge in [-0.15, -0.1) is 5.10 Å². The van der Waals surface area contributed by atoms with E-state index in [2.05, 4.69) is 67.2 Å². The highest BCUT2D eigenvalue weighted by molar-refractivity contribution is 9.10. The number of halogens is 1. The second-order valence-corrected chi connectivity index (χ2v) is 8.27. The highest BCUT2D eigenvalue weighted by Crippen LogP contribution is 2.45. The average Bonchev–Trinajstić information content (AvgIpc) is 3.28. The van der Waals surface area contributed by atoms with Gasteiger partial charge in [-0.25, -0.2) is 0 Å². The van der Waals surface area contributed by atoms with Crippen LogP contribution in [0.25, 0.3) is 10.9 Å². The summed E-state index contributed by atoms with van der Waals surface area (Å²) in [5.41, 5.74) is 11.5. The zero-order chi connectivity index (χ0) is 20.8. The summed E-state index contributed by atoms with van der Waals surface area (Å²) in [6.45, 7) is 2.65. The number of nitrogens with one attached hydrogen (secondary N) is 1. The van der Waals surface area contributed by atoms with Crippen molar-refractivity contribution in [1.29, 1.82) is 5.26 Å². The molecule has 0 fully saturated rings. The number of hydrogen-bond donors (Lipinski definition) is 2. The van der Waals surface area contributed by atoms with Crippen LogP contribution in [0.2, 0.25) is 0 Å². The number of nitrogens with two attached hydrogens (primary N) is 1. The van der Waals surface area contributed by atoms with Crippen molar-refractivity contribution in [3.8, 4) is 11.9 Å². The van der Waals surface area contributed by atoms with Gasteiger partial charge in [-0.3, -0.25) is 5.10 Å².